The summed E-state index contributed by atoms with van der Waals surface area (Å²) in [6.45, 7) is 7.13. The first-order chi connectivity index (χ1) is 11.5. The van der Waals surface area contributed by atoms with Gasteiger partial charge in [-0.1, -0.05) is 13.8 Å². The van der Waals surface area contributed by atoms with Crippen LogP contribution in [-0.4, -0.2) is 57.1 Å². The molecule has 24 heavy (non-hydrogen) atoms. The maximum absolute atomic E-state index is 12.4. The topological polar surface area (TPSA) is 75.4 Å². The van der Waals surface area contributed by atoms with Crippen LogP contribution in [0.2, 0.25) is 0 Å². The molecule has 0 aromatic carbocycles. The van der Waals surface area contributed by atoms with Crippen LogP contribution in [0, 0.1) is 5.92 Å². The highest BCUT2D eigenvalue weighted by Crippen LogP contribution is 2.18. The van der Waals surface area contributed by atoms with Crippen LogP contribution < -0.4 is 5.32 Å². The van der Waals surface area contributed by atoms with Gasteiger partial charge in [0.2, 0.25) is 0 Å². The quantitative estimate of drug-likeness (QED) is 0.903. The van der Waals surface area contributed by atoms with Crippen LogP contribution in [0.1, 0.15) is 55.2 Å². The van der Waals surface area contributed by atoms with Crippen molar-refractivity contribution in [2.75, 3.05) is 26.7 Å². The molecule has 1 aliphatic heterocycles. The molecule has 0 unspecified atom stereocenters. The monoisotopic (exact) mass is 330 g/mol. The Labute approximate surface area is 142 Å². The summed E-state index contributed by atoms with van der Waals surface area (Å²) < 4.78 is 1.69. The first-order valence-corrected chi connectivity index (χ1v) is 8.72. The number of nitrogens with one attached hydrogen (secondary N) is 1. The number of amides is 1. The Kier molecular flexibility index (Phi) is 5.08. The van der Waals surface area contributed by atoms with Crippen molar-refractivity contribution in [3.8, 4) is 0 Å². The number of likely N-dealkylation sites (tertiary alicyclic amines) is 1. The second-order valence-corrected chi connectivity index (χ2v) is 7.01. The minimum absolute atomic E-state index is 0.133. The summed E-state index contributed by atoms with van der Waals surface area (Å²) in [5.74, 6) is 1.25. The Bertz CT molecular complexity index is 710. The van der Waals surface area contributed by atoms with Gasteiger partial charge in [-0.2, -0.15) is 10.1 Å². The number of aromatic nitrogens is 4. The van der Waals surface area contributed by atoms with Crippen molar-refractivity contribution in [1.29, 1.82) is 0 Å². The van der Waals surface area contributed by atoms with Crippen LogP contribution in [0.3, 0.4) is 0 Å². The predicted octanol–water partition coefficient (Wildman–Crippen LogP) is 1.71. The molecule has 1 N–H and O–H groups in total. The van der Waals surface area contributed by atoms with E-state index in [1.54, 1.807) is 4.52 Å². The van der Waals surface area contributed by atoms with Crippen LogP contribution in [0.15, 0.2) is 12.4 Å². The number of rotatable bonds is 5. The van der Waals surface area contributed by atoms with Crippen molar-refractivity contribution in [2.24, 2.45) is 5.92 Å². The molecule has 7 nitrogen and oxygen atoms in total. The molecule has 0 saturated carbocycles. The first kappa shape index (κ1) is 16.8. The molecule has 1 aliphatic rings. The summed E-state index contributed by atoms with van der Waals surface area (Å²) in [5.41, 5.74) is 1.36. The molecule has 0 radical (unpaired) electrons. The Hall–Kier alpha value is -2.02. The average Bonchev–Trinajstić information content (AvgIpc) is 3.02. The van der Waals surface area contributed by atoms with Crippen LogP contribution in [0.5, 0.6) is 0 Å². The van der Waals surface area contributed by atoms with E-state index < -0.39 is 0 Å². The molecule has 7 heteroatoms. The number of hydrogen-bond acceptors (Lipinski definition) is 5. The highest BCUT2D eigenvalue weighted by Gasteiger charge is 2.18. The Balaban J connectivity index is 1.63. The molecule has 1 atom stereocenters. The van der Waals surface area contributed by atoms with E-state index >= 15 is 0 Å². The zero-order valence-corrected chi connectivity index (χ0v) is 14.7. The molecule has 2 aromatic heterocycles. The Morgan fingerprint density at radius 2 is 2.29 bits per heavy atom. The fourth-order valence-corrected chi connectivity index (χ4v) is 3.35. The number of hydrogen-bond donors (Lipinski definition) is 1. The Morgan fingerprint density at radius 1 is 1.46 bits per heavy atom. The van der Waals surface area contributed by atoms with Gasteiger partial charge in [-0.15, -0.1) is 0 Å². The van der Waals surface area contributed by atoms with Crippen molar-refractivity contribution in [3.05, 3.63) is 23.8 Å². The molecule has 0 spiro atoms. The zero-order valence-electron chi connectivity index (χ0n) is 14.7. The van der Waals surface area contributed by atoms with E-state index in [1.165, 1.54) is 25.7 Å². The number of nitrogens with zero attached hydrogens (tertiary/aromatic N) is 5. The number of carbonyl (C=O) groups excluding carboxylic acids is 1. The lowest BCUT2D eigenvalue weighted by Gasteiger charge is -2.29. The molecule has 0 aliphatic carbocycles. The van der Waals surface area contributed by atoms with Crippen LogP contribution in [0.25, 0.3) is 5.78 Å². The largest absolute Gasteiger partial charge is 0.351 e. The van der Waals surface area contributed by atoms with Crippen LogP contribution in [0.4, 0.5) is 0 Å². The van der Waals surface area contributed by atoms with E-state index in [9.17, 15) is 4.79 Å². The second kappa shape index (κ2) is 7.25. The lowest BCUT2D eigenvalue weighted by molar-refractivity contribution is 0.0943. The SMILES string of the molecule is CC(C)c1cc(C(=O)NCC[C@@H]2CCCN(C)C2)nc2ncnn12. The van der Waals surface area contributed by atoms with Gasteiger partial charge in [0, 0.05) is 13.1 Å². The fourth-order valence-electron chi connectivity index (χ4n) is 3.35. The summed E-state index contributed by atoms with van der Waals surface area (Å²) in [7, 11) is 2.16. The maximum Gasteiger partial charge on any atom is 0.270 e. The van der Waals surface area contributed by atoms with Gasteiger partial charge in [0.15, 0.2) is 0 Å². The van der Waals surface area contributed by atoms with Crippen LogP contribution >= 0.6 is 0 Å². The lowest BCUT2D eigenvalue weighted by atomic mass is 9.95. The molecule has 1 saturated heterocycles. The first-order valence-electron chi connectivity index (χ1n) is 8.72. The summed E-state index contributed by atoms with van der Waals surface area (Å²) >= 11 is 0. The van der Waals surface area contributed by atoms with Gasteiger partial charge in [0.05, 0.1) is 5.69 Å². The number of piperidine rings is 1. The summed E-state index contributed by atoms with van der Waals surface area (Å²) in [6, 6.07) is 1.82. The normalized spacial score (nSPS) is 19.1. The molecule has 1 amide bonds. The van der Waals surface area contributed by atoms with E-state index in [0.29, 0.717) is 23.9 Å². The van der Waals surface area contributed by atoms with Gasteiger partial charge < -0.3 is 10.2 Å². The van der Waals surface area contributed by atoms with Crippen molar-refractivity contribution in [2.45, 2.75) is 39.0 Å². The molecule has 3 rings (SSSR count). The fraction of sp³-hybridized carbons (Fsp3) is 0.647. The second-order valence-electron chi connectivity index (χ2n) is 7.01. The van der Waals surface area contributed by atoms with Crippen molar-refractivity contribution >= 4 is 11.7 Å². The highest BCUT2D eigenvalue weighted by molar-refractivity contribution is 5.92. The van der Waals surface area contributed by atoms with E-state index in [4.69, 9.17) is 0 Å². The summed E-state index contributed by atoms with van der Waals surface area (Å²) in [6.07, 6.45) is 4.98. The van der Waals surface area contributed by atoms with Gasteiger partial charge in [0.25, 0.3) is 11.7 Å². The number of fused-ring (bicyclic) bond motifs is 1. The molecule has 2 aromatic rings. The molecule has 3 heterocycles. The van der Waals surface area contributed by atoms with Gasteiger partial charge in [-0.25, -0.2) is 9.50 Å². The third-order valence-electron chi connectivity index (χ3n) is 4.66. The summed E-state index contributed by atoms with van der Waals surface area (Å²) in [4.78, 5) is 23.3. The van der Waals surface area contributed by atoms with Crippen molar-refractivity contribution in [1.82, 2.24) is 29.8 Å². The minimum atomic E-state index is -0.133. The van der Waals surface area contributed by atoms with Crippen molar-refractivity contribution in [3.63, 3.8) is 0 Å². The lowest BCUT2D eigenvalue weighted by Crippen LogP contribution is -2.34. The van der Waals surface area contributed by atoms with E-state index in [1.807, 2.05) is 6.07 Å². The molecular weight excluding hydrogens is 304 g/mol. The average molecular weight is 330 g/mol. The smallest absolute Gasteiger partial charge is 0.270 e. The van der Waals surface area contributed by atoms with E-state index in [-0.39, 0.29) is 11.8 Å². The molecule has 130 valence electrons. The van der Waals surface area contributed by atoms with Crippen molar-refractivity contribution < 1.29 is 4.79 Å². The van der Waals surface area contributed by atoms with E-state index in [2.05, 4.69) is 46.2 Å². The predicted molar refractivity (Wildman–Crippen MR) is 92.0 cm³/mol. The maximum atomic E-state index is 12.4. The Morgan fingerprint density at radius 3 is 3.04 bits per heavy atom. The third-order valence-corrected chi connectivity index (χ3v) is 4.66. The minimum Gasteiger partial charge on any atom is -0.351 e. The van der Waals surface area contributed by atoms with Crippen LogP contribution in [-0.2, 0) is 0 Å². The third kappa shape index (κ3) is 3.72. The standard InChI is InChI=1S/C17H26N6O/c1-12(2)15-9-14(21-17-19-11-20-23(15)17)16(24)18-7-6-13-5-4-8-22(3)10-13/h9,11-13H,4-8,10H2,1-3H3,(H,18,24)/t13-/m0/s1. The van der Waals surface area contributed by atoms with Gasteiger partial charge in [0.1, 0.15) is 12.0 Å². The number of carbonyl (C=O) groups is 1. The summed E-state index contributed by atoms with van der Waals surface area (Å²) in [5, 5.41) is 7.18. The van der Waals surface area contributed by atoms with Gasteiger partial charge >= 0.3 is 0 Å². The van der Waals surface area contributed by atoms with Gasteiger partial charge in [-0.3, -0.25) is 4.79 Å². The molecular formula is C17H26N6O. The van der Waals surface area contributed by atoms with E-state index in [0.717, 1.165) is 18.7 Å². The zero-order chi connectivity index (χ0) is 17.1. The highest BCUT2D eigenvalue weighted by atomic mass is 16.1. The molecule has 0 bridgehead atoms. The van der Waals surface area contributed by atoms with Gasteiger partial charge in [-0.05, 0) is 50.8 Å². The molecule has 1 fully saturated rings.